The molecule has 2 aromatic carbocycles. The molecule has 1 heterocycles. The van der Waals surface area contributed by atoms with Crippen molar-refractivity contribution in [1.82, 2.24) is 10.3 Å². The summed E-state index contributed by atoms with van der Waals surface area (Å²) in [6.45, 7) is 1.55. The number of ether oxygens (including phenoxy) is 3. The lowest BCUT2D eigenvalue weighted by Crippen LogP contribution is -2.21. The Morgan fingerprint density at radius 2 is 1.87 bits per heavy atom. The van der Waals surface area contributed by atoms with Gasteiger partial charge >= 0.3 is 0 Å². The van der Waals surface area contributed by atoms with Gasteiger partial charge in [-0.15, -0.1) is 0 Å². The molecule has 0 saturated carbocycles. The first-order valence-electron chi connectivity index (χ1n) is 9.25. The average molecular weight is 451 g/mol. The van der Waals surface area contributed by atoms with E-state index in [1.54, 1.807) is 36.5 Å². The van der Waals surface area contributed by atoms with Gasteiger partial charge in [0.2, 0.25) is 5.88 Å². The zero-order valence-corrected chi connectivity index (χ0v) is 17.8. The SMILES string of the molecule is COc1cc(CNCCOc2ccccn2)c(Cl)cc1OCc1c(F)cccc1Cl. The second-order valence-electron chi connectivity index (χ2n) is 6.28. The zero-order valence-electron chi connectivity index (χ0n) is 16.3. The topological polar surface area (TPSA) is 52.6 Å². The Morgan fingerprint density at radius 1 is 1.00 bits per heavy atom. The molecule has 158 valence electrons. The van der Waals surface area contributed by atoms with Gasteiger partial charge in [-0.25, -0.2) is 9.37 Å². The maximum Gasteiger partial charge on any atom is 0.213 e. The molecule has 0 aliphatic carbocycles. The smallest absolute Gasteiger partial charge is 0.213 e. The van der Waals surface area contributed by atoms with E-state index in [2.05, 4.69) is 10.3 Å². The summed E-state index contributed by atoms with van der Waals surface area (Å²) in [6, 6.07) is 13.4. The van der Waals surface area contributed by atoms with Crippen LogP contribution in [0.4, 0.5) is 4.39 Å². The van der Waals surface area contributed by atoms with Crippen LogP contribution in [0.1, 0.15) is 11.1 Å². The van der Waals surface area contributed by atoms with Gasteiger partial charge in [0, 0.05) is 42.0 Å². The number of halogens is 3. The van der Waals surface area contributed by atoms with Crippen molar-refractivity contribution in [2.24, 2.45) is 0 Å². The van der Waals surface area contributed by atoms with Gasteiger partial charge in [-0.3, -0.25) is 0 Å². The Morgan fingerprint density at radius 3 is 2.60 bits per heavy atom. The molecule has 3 rings (SSSR count). The number of nitrogens with zero attached hydrogens (tertiary/aromatic N) is 1. The first-order valence-corrected chi connectivity index (χ1v) is 10.0. The molecule has 0 spiro atoms. The van der Waals surface area contributed by atoms with Gasteiger partial charge in [0.05, 0.1) is 12.1 Å². The number of rotatable bonds is 10. The summed E-state index contributed by atoms with van der Waals surface area (Å²) >= 11 is 12.4. The lowest BCUT2D eigenvalue weighted by atomic mass is 10.2. The highest BCUT2D eigenvalue weighted by Gasteiger charge is 2.13. The van der Waals surface area contributed by atoms with Crippen molar-refractivity contribution in [1.29, 1.82) is 0 Å². The van der Waals surface area contributed by atoms with Crippen molar-refractivity contribution < 1.29 is 18.6 Å². The van der Waals surface area contributed by atoms with E-state index in [-0.39, 0.29) is 12.2 Å². The summed E-state index contributed by atoms with van der Waals surface area (Å²) in [4.78, 5) is 4.10. The molecule has 30 heavy (non-hydrogen) atoms. The third-order valence-electron chi connectivity index (χ3n) is 4.25. The molecule has 5 nitrogen and oxygen atoms in total. The minimum absolute atomic E-state index is 0.0410. The predicted octanol–water partition coefficient (Wildman–Crippen LogP) is 5.28. The Bertz CT molecular complexity index is 954. The van der Waals surface area contributed by atoms with Crippen LogP contribution in [-0.4, -0.2) is 25.2 Å². The van der Waals surface area contributed by atoms with Gasteiger partial charge in [-0.2, -0.15) is 0 Å². The van der Waals surface area contributed by atoms with Crippen molar-refractivity contribution in [3.63, 3.8) is 0 Å². The Kier molecular flexibility index (Phi) is 8.13. The first-order chi connectivity index (χ1) is 14.6. The lowest BCUT2D eigenvalue weighted by molar-refractivity contribution is 0.279. The van der Waals surface area contributed by atoms with E-state index in [0.29, 0.717) is 47.1 Å². The van der Waals surface area contributed by atoms with E-state index in [4.69, 9.17) is 37.4 Å². The van der Waals surface area contributed by atoms with Crippen LogP contribution in [0, 0.1) is 5.82 Å². The molecular formula is C22H21Cl2FN2O3. The van der Waals surface area contributed by atoms with Gasteiger partial charge in [-0.1, -0.05) is 35.3 Å². The Balaban J connectivity index is 1.56. The number of nitrogens with one attached hydrogen (secondary N) is 1. The van der Waals surface area contributed by atoms with Crippen molar-refractivity contribution >= 4 is 23.2 Å². The number of methoxy groups -OCH3 is 1. The summed E-state index contributed by atoms with van der Waals surface area (Å²) in [7, 11) is 1.53. The van der Waals surface area contributed by atoms with Crippen LogP contribution >= 0.6 is 23.2 Å². The van der Waals surface area contributed by atoms with E-state index in [1.165, 1.54) is 13.2 Å². The van der Waals surface area contributed by atoms with E-state index >= 15 is 0 Å². The van der Waals surface area contributed by atoms with E-state index in [1.807, 2.05) is 12.1 Å². The largest absolute Gasteiger partial charge is 0.493 e. The monoisotopic (exact) mass is 450 g/mol. The molecule has 1 aromatic heterocycles. The highest BCUT2D eigenvalue weighted by atomic mass is 35.5. The Hall–Kier alpha value is -2.54. The third-order valence-corrected chi connectivity index (χ3v) is 4.95. The number of pyridine rings is 1. The highest BCUT2D eigenvalue weighted by molar-refractivity contribution is 6.31. The second kappa shape index (κ2) is 11.0. The standard InChI is InChI=1S/C22H21Cl2FN2O3/c1-28-20-11-15(13-26-9-10-29-22-7-2-3-8-27-22)18(24)12-21(20)30-14-16-17(23)5-4-6-19(16)25/h2-8,11-12,26H,9-10,13-14H2,1H3. The number of hydrogen-bond donors (Lipinski definition) is 1. The maximum atomic E-state index is 13.9. The Labute approximate surface area is 184 Å². The summed E-state index contributed by atoms with van der Waals surface area (Å²) < 4.78 is 30.6. The second-order valence-corrected chi connectivity index (χ2v) is 7.09. The number of hydrogen-bond acceptors (Lipinski definition) is 5. The van der Waals surface area contributed by atoms with Gasteiger partial charge in [0.25, 0.3) is 0 Å². The molecule has 0 aliphatic heterocycles. The van der Waals surface area contributed by atoms with Crippen LogP contribution in [0.2, 0.25) is 10.0 Å². The van der Waals surface area contributed by atoms with Crippen LogP contribution in [0.15, 0.2) is 54.7 Å². The van der Waals surface area contributed by atoms with Crippen LogP contribution in [0.25, 0.3) is 0 Å². The molecule has 8 heteroatoms. The molecule has 1 N–H and O–H groups in total. The molecule has 0 amide bonds. The molecule has 0 saturated heterocycles. The zero-order chi connectivity index (χ0) is 21.3. The van der Waals surface area contributed by atoms with Crippen molar-refractivity contribution in [3.05, 3.63) is 81.7 Å². The highest BCUT2D eigenvalue weighted by Crippen LogP contribution is 2.34. The van der Waals surface area contributed by atoms with Crippen LogP contribution in [0.5, 0.6) is 17.4 Å². The van der Waals surface area contributed by atoms with Crippen LogP contribution in [0.3, 0.4) is 0 Å². The summed E-state index contributed by atoms with van der Waals surface area (Å²) in [5, 5.41) is 4.06. The molecule has 0 fully saturated rings. The molecule has 0 bridgehead atoms. The first kappa shape index (κ1) is 22.2. The van der Waals surface area contributed by atoms with Gasteiger partial charge < -0.3 is 19.5 Å². The quantitative estimate of drug-likeness (QED) is 0.425. The summed E-state index contributed by atoms with van der Waals surface area (Å²) in [5.41, 5.74) is 1.11. The number of benzene rings is 2. The fraction of sp³-hybridized carbons (Fsp3) is 0.227. The minimum atomic E-state index is -0.429. The van der Waals surface area contributed by atoms with Crippen LogP contribution in [-0.2, 0) is 13.2 Å². The van der Waals surface area contributed by atoms with E-state index in [9.17, 15) is 4.39 Å². The van der Waals surface area contributed by atoms with Gasteiger partial charge in [-0.05, 0) is 29.8 Å². The van der Waals surface area contributed by atoms with Crippen molar-refractivity contribution in [2.45, 2.75) is 13.2 Å². The van der Waals surface area contributed by atoms with Gasteiger partial charge in [0.15, 0.2) is 11.5 Å². The van der Waals surface area contributed by atoms with Gasteiger partial charge in [0.1, 0.15) is 19.0 Å². The van der Waals surface area contributed by atoms with Crippen molar-refractivity contribution in [3.8, 4) is 17.4 Å². The molecule has 0 aliphatic rings. The third kappa shape index (κ3) is 5.98. The lowest BCUT2D eigenvalue weighted by Gasteiger charge is -2.15. The summed E-state index contributed by atoms with van der Waals surface area (Å²) in [6.07, 6.45) is 1.68. The number of aromatic nitrogens is 1. The minimum Gasteiger partial charge on any atom is -0.493 e. The van der Waals surface area contributed by atoms with Crippen molar-refractivity contribution in [2.75, 3.05) is 20.3 Å². The van der Waals surface area contributed by atoms with Crippen LogP contribution < -0.4 is 19.5 Å². The molecule has 0 radical (unpaired) electrons. The fourth-order valence-corrected chi connectivity index (χ4v) is 3.13. The average Bonchev–Trinajstić information content (AvgIpc) is 2.75. The van der Waals surface area contributed by atoms with E-state index in [0.717, 1.165) is 5.56 Å². The van der Waals surface area contributed by atoms with E-state index < -0.39 is 5.82 Å². The molecule has 0 unspecified atom stereocenters. The maximum absolute atomic E-state index is 13.9. The molecule has 3 aromatic rings. The summed E-state index contributed by atoms with van der Waals surface area (Å²) in [5.74, 6) is 1.05. The molecular weight excluding hydrogens is 430 g/mol. The normalized spacial score (nSPS) is 10.7. The predicted molar refractivity (Wildman–Crippen MR) is 115 cm³/mol. The molecule has 0 atom stereocenters. The fourth-order valence-electron chi connectivity index (χ4n) is 2.69.